The van der Waals surface area contributed by atoms with Crippen LogP contribution < -0.4 is 5.73 Å². The van der Waals surface area contributed by atoms with Crippen LogP contribution in [-0.4, -0.2) is 16.6 Å². The molecule has 0 radical (unpaired) electrons. The predicted molar refractivity (Wildman–Crippen MR) is 71.4 cm³/mol. The van der Waals surface area contributed by atoms with Gasteiger partial charge in [0.15, 0.2) is 0 Å². The Morgan fingerprint density at radius 1 is 1.24 bits per heavy atom. The Kier molecular flexibility index (Phi) is 4.27. The first-order chi connectivity index (χ1) is 9.74. The van der Waals surface area contributed by atoms with Gasteiger partial charge in [0.2, 0.25) is 5.91 Å². The van der Waals surface area contributed by atoms with Crippen molar-refractivity contribution in [2.45, 2.75) is 49.8 Å². The second-order valence-corrected chi connectivity index (χ2v) is 5.62. The number of hydrogen-bond donors (Lipinski definition) is 2. The molecular formula is C15H18F3NO2. The Balaban J connectivity index is 2.41. The van der Waals surface area contributed by atoms with Gasteiger partial charge in [-0.15, -0.1) is 0 Å². The first-order valence-electron chi connectivity index (χ1n) is 6.93. The molecule has 0 bridgehead atoms. The number of primary amides is 1. The molecule has 0 heterocycles. The fourth-order valence-electron chi connectivity index (χ4n) is 3.09. The monoisotopic (exact) mass is 301 g/mol. The first-order valence-corrected chi connectivity index (χ1v) is 6.93. The smallest absolute Gasteiger partial charge is 0.389 e. The Hall–Kier alpha value is -1.56. The number of halogens is 3. The molecule has 1 aromatic carbocycles. The number of amides is 1. The molecule has 1 aliphatic carbocycles. The van der Waals surface area contributed by atoms with Gasteiger partial charge in [-0.25, -0.2) is 0 Å². The average molecular weight is 301 g/mol. The highest BCUT2D eigenvalue weighted by molar-refractivity contribution is 5.83. The molecule has 21 heavy (non-hydrogen) atoms. The van der Waals surface area contributed by atoms with Crippen LogP contribution in [0.4, 0.5) is 13.2 Å². The van der Waals surface area contributed by atoms with Gasteiger partial charge in [-0.3, -0.25) is 4.79 Å². The SMILES string of the molecule is NC(=O)C(c1cccc(C(F)(F)F)c1)C1(O)CCCCC1. The molecular weight excluding hydrogens is 283 g/mol. The third-order valence-corrected chi connectivity index (χ3v) is 4.09. The fraction of sp³-hybridized carbons (Fsp3) is 0.533. The zero-order valence-corrected chi connectivity index (χ0v) is 11.5. The number of alkyl halides is 3. The van der Waals surface area contributed by atoms with Crippen molar-refractivity contribution in [1.29, 1.82) is 0 Å². The standard InChI is InChI=1S/C15H18F3NO2/c16-15(17,18)11-6-4-5-10(9-11)12(13(19)20)14(21)7-2-1-3-8-14/h4-6,9,12,21H,1-3,7-8H2,(H2,19,20). The summed E-state index contributed by atoms with van der Waals surface area (Å²) in [6.45, 7) is 0. The quantitative estimate of drug-likeness (QED) is 0.901. The summed E-state index contributed by atoms with van der Waals surface area (Å²) in [6, 6.07) is 4.49. The van der Waals surface area contributed by atoms with Gasteiger partial charge >= 0.3 is 6.18 Å². The summed E-state index contributed by atoms with van der Waals surface area (Å²) in [5, 5.41) is 10.7. The van der Waals surface area contributed by atoms with E-state index >= 15 is 0 Å². The number of hydrogen-bond acceptors (Lipinski definition) is 2. The second kappa shape index (κ2) is 5.67. The van der Waals surface area contributed by atoms with E-state index in [0.717, 1.165) is 31.4 Å². The van der Waals surface area contributed by atoms with E-state index in [1.165, 1.54) is 12.1 Å². The minimum Gasteiger partial charge on any atom is -0.389 e. The van der Waals surface area contributed by atoms with E-state index in [2.05, 4.69) is 0 Å². The molecule has 3 N–H and O–H groups in total. The molecule has 0 aliphatic heterocycles. The van der Waals surface area contributed by atoms with Crippen LogP contribution in [0.25, 0.3) is 0 Å². The lowest BCUT2D eigenvalue weighted by molar-refractivity contribution is -0.138. The highest BCUT2D eigenvalue weighted by Crippen LogP contribution is 2.41. The van der Waals surface area contributed by atoms with Crippen molar-refractivity contribution in [3.8, 4) is 0 Å². The third kappa shape index (κ3) is 3.37. The highest BCUT2D eigenvalue weighted by atomic mass is 19.4. The van der Waals surface area contributed by atoms with Gasteiger partial charge in [0.05, 0.1) is 17.1 Å². The number of nitrogens with two attached hydrogens (primary N) is 1. The lowest BCUT2D eigenvalue weighted by Crippen LogP contribution is -2.44. The average Bonchev–Trinajstić information content (AvgIpc) is 2.38. The molecule has 6 heteroatoms. The normalized spacial score (nSPS) is 20.0. The summed E-state index contributed by atoms with van der Waals surface area (Å²) >= 11 is 0. The minimum atomic E-state index is -4.49. The van der Waals surface area contributed by atoms with E-state index in [-0.39, 0.29) is 5.56 Å². The molecule has 0 aromatic heterocycles. The molecule has 1 amide bonds. The summed E-state index contributed by atoms with van der Waals surface area (Å²) in [7, 11) is 0. The summed E-state index contributed by atoms with van der Waals surface area (Å²) in [5.41, 5.74) is 3.30. The molecule has 3 nitrogen and oxygen atoms in total. The van der Waals surface area contributed by atoms with E-state index in [1.807, 2.05) is 0 Å². The number of benzene rings is 1. The van der Waals surface area contributed by atoms with Gasteiger partial charge in [-0.1, -0.05) is 37.5 Å². The van der Waals surface area contributed by atoms with Crippen molar-refractivity contribution in [3.05, 3.63) is 35.4 Å². The fourth-order valence-corrected chi connectivity index (χ4v) is 3.09. The first kappa shape index (κ1) is 15.8. The largest absolute Gasteiger partial charge is 0.416 e. The van der Waals surface area contributed by atoms with Gasteiger partial charge in [-0.2, -0.15) is 13.2 Å². The van der Waals surface area contributed by atoms with Crippen molar-refractivity contribution < 1.29 is 23.1 Å². The molecule has 0 saturated heterocycles. The number of rotatable bonds is 3. The van der Waals surface area contributed by atoms with Crippen LogP contribution in [0.15, 0.2) is 24.3 Å². The van der Waals surface area contributed by atoms with E-state index in [0.29, 0.717) is 12.8 Å². The van der Waals surface area contributed by atoms with Crippen molar-refractivity contribution in [3.63, 3.8) is 0 Å². The molecule has 1 aromatic rings. The topological polar surface area (TPSA) is 63.3 Å². The molecule has 1 fully saturated rings. The van der Waals surface area contributed by atoms with E-state index in [4.69, 9.17) is 5.73 Å². The highest BCUT2D eigenvalue weighted by Gasteiger charge is 2.43. The van der Waals surface area contributed by atoms with E-state index in [1.54, 1.807) is 0 Å². The van der Waals surface area contributed by atoms with Gasteiger partial charge in [-0.05, 0) is 24.5 Å². The Morgan fingerprint density at radius 2 is 1.86 bits per heavy atom. The number of aliphatic hydroxyl groups is 1. The molecule has 2 rings (SSSR count). The Morgan fingerprint density at radius 3 is 2.38 bits per heavy atom. The van der Waals surface area contributed by atoms with Crippen molar-refractivity contribution in [1.82, 2.24) is 0 Å². The molecule has 1 atom stereocenters. The van der Waals surface area contributed by atoms with Crippen LogP contribution in [0.5, 0.6) is 0 Å². The number of carbonyl (C=O) groups is 1. The van der Waals surface area contributed by atoms with Crippen LogP contribution in [-0.2, 0) is 11.0 Å². The van der Waals surface area contributed by atoms with E-state index < -0.39 is 29.2 Å². The molecule has 1 aliphatic rings. The summed E-state index contributed by atoms with van der Waals surface area (Å²) < 4.78 is 38.4. The van der Waals surface area contributed by atoms with Crippen LogP contribution in [0.1, 0.15) is 49.1 Å². The Bertz CT molecular complexity index is 522. The van der Waals surface area contributed by atoms with Gasteiger partial charge in [0.1, 0.15) is 0 Å². The maximum atomic E-state index is 12.8. The van der Waals surface area contributed by atoms with Gasteiger partial charge in [0.25, 0.3) is 0 Å². The Labute approximate surface area is 121 Å². The maximum Gasteiger partial charge on any atom is 0.416 e. The lowest BCUT2D eigenvalue weighted by atomic mass is 9.72. The zero-order chi connectivity index (χ0) is 15.7. The minimum absolute atomic E-state index is 0.127. The summed E-state index contributed by atoms with van der Waals surface area (Å²) in [4.78, 5) is 11.7. The summed E-state index contributed by atoms with van der Waals surface area (Å²) in [6.07, 6.45) is -1.34. The van der Waals surface area contributed by atoms with Crippen molar-refractivity contribution >= 4 is 5.91 Å². The van der Waals surface area contributed by atoms with Crippen LogP contribution in [0.2, 0.25) is 0 Å². The van der Waals surface area contributed by atoms with Crippen molar-refractivity contribution in [2.24, 2.45) is 5.73 Å². The van der Waals surface area contributed by atoms with Crippen LogP contribution >= 0.6 is 0 Å². The van der Waals surface area contributed by atoms with Gasteiger partial charge in [0, 0.05) is 0 Å². The second-order valence-electron chi connectivity index (χ2n) is 5.62. The molecule has 1 saturated carbocycles. The number of carbonyl (C=O) groups excluding carboxylic acids is 1. The lowest BCUT2D eigenvalue weighted by Gasteiger charge is -2.38. The predicted octanol–water partition coefficient (Wildman–Crippen LogP) is 2.97. The molecule has 0 spiro atoms. The van der Waals surface area contributed by atoms with Crippen LogP contribution in [0.3, 0.4) is 0 Å². The van der Waals surface area contributed by atoms with Crippen molar-refractivity contribution in [2.75, 3.05) is 0 Å². The van der Waals surface area contributed by atoms with Crippen LogP contribution in [0, 0.1) is 0 Å². The molecule has 1 unspecified atom stereocenters. The third-order valence-electron chi connectivity index (χ3n) is 4.09. The maximum absolute atomic E-state index is 12.8. The zero-order valence-electron chi connectivity index (χ0n) is 11.5. The van der Waals surface area contributed by atoms with Gasteiger partial charge < -0.3 is 10.8 Å². The molecule has 116 valence electrons. The summed E-state index contributed by atoms with van der Waals surface area (Å²) in [5.74, 6) is -1.90. The van der Waals surface area contributed by atoms with E-state index in [9.17, 15) is 23.1 Å².